The Hall–Kier alpha value is -1.79. The number of aromatic nitrogens is 2. The fourth-order valence-electron chi connectivity index (χ4n) is 2.35. The normalized spacial score (nSPS) is 12.7. The van der Waals surface area contributed by atoms with Gasteiger partial charge in [0.15, 0.2) is 0 Å². The molecule has 2 rings (SSSR count). The van der Waals surface area contributed by atoms with Crippen LogP contribution in [0.5, 0.6) is 0 Å². The van der Waals surface area contributed by atoms with Crippen LogP contribution in [-0.4, -0.2) is 9.78 Å². The summed E-state index contributed by atoms with van der Waals surface area (Å²) in [6, 6.07) is 3.92. The maximum Gasteiger partial charge on any atom is 0.130 e. The van der Waals surface area contributed by atoms with Crippen LogP contribution < -0.4 is 11.3 Å². The molecule has 2 aromatic rings. The van der Waals surface area contributed by atoms with Gasteiger partial charge in [-0.15, -0.1) is 0 Å². The lowest BCUT2D eigenvalue weighted by Crippen LogP contribution is -2.31. The molecule has 6 heteroatoms. The largest absolute Gasteiger partial charge is 0.272 e. The Bertz CT molecular complexity index is 637. The molecule has 3 N–H and O–H groups in total. The number of hydrogen-bond donors (Lipinski definition) is 2. The first-order chi connectivity index (χ1) is 9.96. The number of halogens is 2. The molecule has 0 radical (unpaired) electrons. The maximum absolute atomic E-state index is 14.0. The summed E-state index contributed by atoms with van der Waals surface area (Å²) in [6.07, 6.45) is 1.31. The first-order valence-electron chi connectivity index (χ1n) is 6.89. The molecule has 0 bridgehead atoms. The molecule has 1 aromatic heterocycles. The van der Waals surface area contributed by atoms with E-state index in [1.807, 2.05) is 20.0 Å². The van der Waals surface area contributed by atoms with E-state index < -0.39 is 17.7 Å². The van der Waals surface area contributed by atoms with E-state index in [0.717, 1.165) is 23.9 Å². The number of aryl methyl sites for hydroxylation is 3. The van der Waals surface area contributed by atoms with Crippen LogP contribution in [0.25, 0.3) is 0 Å². The number of hydrazine groups is 1. The van der Waals surface area contributed by atoms with Crippen LogP contribution in [0.2, 0.25) is 0 Å². The second kappa shape index (κ2) is 6.32. The van der Waals surface area contributed by atoms with Gasteiger partial charge in [0.25, 0.3) is 0 Å². The summed E-state index contributed by atoms with van der Waals surface area (Å²) in [5.74, 6) is 4.41. The third-order valence-electron chi connectivity index (χ3n) is 3.66. The molecule has 1 atom stereocenters. The first kappa shape index (κ1) is 15.6. The van der Waals surface area contributed by atoms with Gasteiger partial charge in [-0.05, 0) is 31.0 Å². The number of benzene rings is 1. The number of nitrogens with one attached hydrogen (secondary N) is 1. The van der Waals surface area contributed by atoms with Gasteiger partial charge >= 0.3 is 0 Å². The summed E-state index contributed by atoms with van der Waals surface area (Å²) in [5, 5.41) is 4.36. The molecule has 1 unspecified atom stereocenters. The van der Waals surface area contributed by atoms with Crippen LogP contribution in [0.4, 0.5) is 8.78 Å². The van der Waals surface area contributed by atoms with Gasteiger partial charge in [-0.2, -0.15) is 5.10 Å². The van der Waals surface area contributed by atoms with E-state index in [9.17, 15) is 8.78 Å². The number of rotatable bonds is 5. The minimum atomic E-state index is -0.598. The second-order valence-corrected chi connectivity index (χ2v) is 5.15. The van der Waals surface area contributed by atoms with Crippen LogP contribution in [0, 0.1) is 18.6 Å². The third-order valence-corrected chi connectivity index (χ3v) is 3.66. The van der Waals surface area contributed by atoms with Gasteiger partial charge in [0.2, 0.25) is 0 Å². The molecular formula is C15H20F2N4. The molecule has 0 aliphatic carbocycles. The van der Waals surface area contributed by atoms with Crippen molar-refractivity contribution in [2.45, 2.75) is 32.7 Å². The molecule has 114 valence electrons. The average molecular weight is 294 g/mol. The minimum Gasteiger partial charge on any atom is -0.272 e. The van der Waals surface area contributed by atoms with Crippen molar-refractivity contribution >= 4 is 0 Å². The summed E-state index contributed by atoms with van der Waals surface area (Å²) in [5.41, 5.74) is 5.27. The summed E-state index contributed by atoms with van der Waals surface area (Å²) in [7, 11) is 1.84. The average Bonchev–Trinajstić information content (AvgIpc) is 2.81. The molecule has 0 fully saturated rings. The second-order valence-electron chi connectivity index (χ2n) is 5.15. The zero-order valence-corrected chi connectivity index (χ0v) is 12.5. The van der Waals surface area contributed by atoms with Crippen molar-refractivity contribution in [3.63, 3.8) is 0 Å². The fraction of sp³-hybridized carbons (Fsp3) is 0.400. The third kappa shape index (κ3) is 3.28. The molecule has 21 heavy (non-hydrogen) atoms. The SMILES string of the molecule is CCc1cc(CC(NN)c2cc(C)c(F)cc2F)n(C)n1. The van der Waals surface area contributed by atoms with Gasteiger partial charge in [0, 0.05) is 30.8 Å². The van der Waals surface area contributed by atoms with Crippen LogP contribution in [0.15, 0.2) is 18.2 Å². The standard InChI is InChI=1S/C15H20F2N4/c1-4-10-6-11(21(3)20-10)7-15(19-18)12-5-9(2)13(16)8-14(12)17/h5-6,8,15,19H,4,7,18H2,1-3H3. The topological polar surface area (TPSA) is 55.9 Å². The van der Waals surface area contributed by atoms with Gasteiger partial charge < -0.3 is 0 Å². The predicted molar refractivity (Wildman–Crippen MR) is 77.4 cm³/mol. The molecule has 4 nitrogen and oxygen atoms in total. The van der Waals surface area contributed by atoms with Crippen LogP contribution in [0.1, 0.15) is 35.5 Å². The molecule has 1 aromatic carbocycles. The van der Waals surface area contributed by atoms with E-state index in [2.05, 4.69) is 10.5 Å². The Morgan fingerprint density at radius 3 is 2.57 bits per heavy atom. The molecule has 0 saturated heterocycles. The minimum absolute atomic E-state index is 0.357. The lowest BCUT2D eigenvalue weighted by atomic mass is 9.99. The van der Waals surface area contributed by atoms with Gasteiger partial charge in [-0.3, -0.25) is 16.0 Å². The molecule has 0 aliphatic heterocycles. The maximum atomic E-state index is 14.0. The lowest BCUT2D eigenvalue weighted by molar-refractivity contribution is 0.489. The Morgan fingerprint density at radius 1 is 1.29 bits per heavy atom. The van der Waals surface area contributed by atoms with Crippen molar-refractivity contribution < 1.29 is 8.78 Å². The zero-order valence-electron chi connectivity index (χ0n) is 12.5. The Kier molecular flexibility index (Phi) is 4.69. The van der Waals surface area contributed by atoms with Crippen LogP contribution in [0.3, 0.4) is 0 Å². The van der Waals surface area contributed by atoms with Gasteiger partial charge in [-0.1, -0.05) is 6.92 Å². The number of nitrogens with zero attached hydrogens (tertiary/aromatic N) is 2. The lowest BCUT2D eigenvalue weighted by Gasteiger charge is -2.18. The van der Waals surface area contributed by atoms with Crippen molar-refractivity contribution in [1.82, 2.24) is 15.2 Å². The Morgan fingerprint density at radius 2 is 2.00 bits per heavy atom. The molecule has 0 saturated carbocycles. The van der Waals surface area contributed by atoms with E-state index in [1.54, 1.807) is 11.6 Å². The van der Waals surface area contributed by atoms with Gasteiger partial charge in [0.1, 0.15) is 11.6 Å². The quantitative estimate of drug-likeness (QED) is 0.657. The van der Waals surface area contributed by atoms with Crippen LogP contribution >= 0.6 is 0 Å². The van der Waals surface area contributed by atoms with Crippen molar-refractivity contribution in [1.29, 1.82) is 0 Å². The Balaban J connectivity index is 2.31. The summed E-state index contributed by atoms with van der Waals surface area (Å²) >= 11 is 0. The highest BCUT2D eigenvalue weighted by Gasteiger charge is 2.19. The van der Waals surface area contributed by atoms with E-state index >= 15 is 0 Å². The molecule has 0 amide bonds. The molecule has 0 spiro atoms. The van der Waals surface area contributed by atoms with E-state index in [1.165, 1.54) is 6.07 Å². The highest BCUT2D eigenvalue weighted by atomic mass is 19.1. The summed E-state index contributed by atoms with van der Waals surface area (Å²) in [6.45, 7) is 3.62. The highest BCUT2D eigenvalue weighted by molar-refractivity contribution is 5.29. The smallest absolute Gasteiger partial charge is 0.130 e. The Labute approximate surface area is 122 Å². The van der Waals surface area contributed by atoms with Crippen molar-refractivity contribution in [3.05, 3.63) is 52.3 Å². The van der Waals surface area contributed by atoms with Crippen molar-refractivity contribution in [2.75, 3.05) is 0 Å². The van der Waals surface area contributed by atoms with Crippen molar-refractivity contribution in [2.24, 2.45) is 12.9 Å². The molecule has 1 heterocycles. The molecule has 0 aliphatic rings. The zero-order chi connectivity index (χ0) is 15.6. The van der Waals surface area contributed by atoms with E-state index in [0.29, 0.717) is 17.5 Å². The summed E-state index contributed by atoms with van der Waals surface area (Å²) in [4.78, 5) is 0. The van der Waals surface area contributed by atoms with Gasteiger partial charge in [-0.25, -0.2) is 8.78 Å². The van der Waals surface area contributed by atoms with E-state index in [4.69, 9.17) is 5.84 Å². The predicted octanol–water partition coefficient (Wildman–Crippen LogP) is 2.32. The number of hydrogen-bond acceptors (Lipinski definition) is 3. The molecular weight excluding hydrogens is 274 g/mol. The number of nitrogens with two attached hydrogens (primary N) is 1. The monoisotopic (exact) mass is 294 g/mol. The highest BCUT2D eigenvalue weighted by Crippen LogP contribution is 2.23. The first-order valence-corrected chi connectivity index (χ1v) is 6.89. The van der Waals surface area contributed by atoms with Gasteiger partial charge in [0.05, 0.1) is 11.7 Å². The summed E-state index contributed by atoms with van der Waals surface area (Å²) < 4.78 is 29.1. The van der Waals surface area contributed by atoms with E-state index in [-0.39, 0.29) is 0 Å². The van der Waals surface area contributed by atoms with Crippen LogP contribution in [-0.2, 0) is 19.9 Å². The fourth-order valence-corrected chi connectivity index (χ4v) is 2.35. The van der Waals surface area contributed by atoms with Crippen molar-refractivity contribution in [3.8, 4) is 0 Å².